The van der Waals surface area contributed by atoms with Crippen LogP contribution in [0.3, 0.4) is 0 Å². The molecule has 1 unspecified atom stereocenters. The van der Waals surface area contributed by atoms with Crippen LogP contribution in [0.2, 0.25) is 0 Å². The van der Waals surface area contributed by atoms with Gasteiger partial charge in [0.25, 0.3) is 5.91 Å². The van der Waals surface area contributed by atoms with Gasteiger partial charge in [0.1, 0.15) is 18.1 Å². The van der Waals surface area contributed by atoms with Crippen molar-refractivity contribution in [3.8, 4) is 5.75 Å². The van der Waals surface area contributed by atoms with Crippen LogP contribution in [-0.2, 0) is 13.7 Å². The van der Waals surface area contributed by atoms with Crippen LogP contribution in [0.1, 0.15) is 52.8 Å². The Labute approximate surface area is 174 Å². The molecule has 1 aliphatic rings. The molecule has 7 nitrogen and oxygen atoms in total. The number of carbonyl (C=O) groups excluding carboxylic acids is 1. The number of pyridine rings is 1. The van der Waals surface area contributed by atoms with E-state index in [-0.39, 0.29) is 35.4 Å². The highest BCUT2D eigenvalue weighted by atomic mass is 16.5. The molecule has 0 bridgehead atoms. The first-order chi connectivity index (χ1) is 14.5. The maximum absolute atomic E-state index is 13.6. The minimum Gasteiger partial charge on any atom is -0.483 e. The lowest BCUT2D eigenvalue weighted by Gasteiger charge is -2.35. The van der Waals surface area contributed by atoms with Gasteiger partial charge in [0.05, 0.1) is 6.04 Å². The minimum atomic E-state index is -0.307. The highest BCUT2D eigenvalue weighted by molar-refractivity contribution is 5.95. The smallest absolute Gasteiger partial charge is 0.275 e. The molecule has 0 spiro atoms. The fourth-order valence-corrected chi connectivity index (χ4v) is 3.88. The number of benzene rings is 1. The fourth-order valence-electron chi connectivity index (χ4n) is 3.88. The molecular weight excluding hydrogens is 382 g/mol. The normalized spacial score (nSPS) is 16.5. The van der Waals surface area contributed by atoms with Crippen molar-refractivity contribution in [2.45, 2.75) is 38.8 Å². The average molecular weight is 407 g/mol. The summed E-state index contributed by atoms with van der Waals surface area (Å²) in [6.45, 7) is 2.64. The molecular formula is C23H25N3O4. The third-order valence-corrected chi connectivity index (χ3v) is 5.42. The van der Waals surface area contributed by atoms with E-state index in [4.69, 9.17) is 9.26 Å². The van der Waals surface area contributed by atoms with Gasteiger partial charge in [-0.15, -0.1) is 0 Å². The Morgan fingerprint density at radius 3 is 2.77 bits per heavy atom. The van der Waals surface area contributed by atoms with E-state index in [9.17, 15) is 9.59 Å². The predicted molar refractivity (Wildman–Crippen MR) is 111 cm³/mol. The Morgan fingerprint density at radius 2 is 2.03 bits per heavy atom. The second kappa shape index (κ2) is 8.57. The molecule has 30 heavy (non-hydrogen) atoms. The van der Waals surface area contributed by atoms with Gasteiger partial charge in [-0.1, -0.05) is 35.5 Å². The molecule has 0 saturated carbocycles. The summed E-state index contributed by atoms with van der Waals surface area (Å²) in [7, 11) is 1.75. The van der Waals surface area contributed by atoms with Gasteiger partial charge < -0.3 is 18.7 Å². The zero-order valence-corrected chi connectivity index (χ0v) is 17.2. The van der Waals surface area contributed by atoms with E-state index in [0.717, 1.165) is 30.5 Å². The van der Waals surface area contributed by atoms with E-state index in [1.165, 1.54) is 6.07 Å². The second-order valence-corrected chi connectivity index (χ2v) is 7.62. The number of aryl methyl sites for hydroxylation is 2. The van der Waals surface area contributed by atoms with Crippen LogP contribution in [0.25, 0.3) is 0 Å². The standard InChI is InChI=1S/C23H25N3O4/c1-16-14-18(24-30-16)19-10-6-7-12-26(19)23(28)21-22(20(27)11-13-25(21)2)29-15-17-8-4-3-5-9-17/h3-5,8-9,11,13-14,19H,6-7,10,12,15H2,1-2H3. The molecule has 1 amide bonds. The van der Waals surface area contributed by atoms with E-state index >= 15 is 0 Å². The number of likely N-dealkylation sites (tertiary alicyclic amines) is 1. The molecule has 1 aliphatic heterocycles. The monoisotopic (exact) mass is 407 g/mol. The van der Waals surface area contributed by atoms with Crippen LogP contribution in [0.4, 0.5) is 0 Å². The van der Waals surface area contributed by atoms with Crippen molar-refractivity contribution in [2.24, 2.45) is 7.05 Å². The number of amides is 1. The predicted octanol–water partition coefficient (Wildman–Crippen LogP) is 3.63. The molecule has 3 aromatic rings. The lowest BCUT2D eigenvalue weighted by molar-refractivity contribution is 0.0585. The summed E-state index contributed by atoms with van der Waals surface area (Å²) in [6, 6.07) is 12.7. The van der Waals surface area contributed by atoms with Crippen molar-refractivity contribution in [3.63, 3.8) is 0 Å². The number of hydrogen-bond acceptors (Lipinski definition) is 5. The highest BCUT2D eigenvalue weighted by Gasteiger charge is 2.33. The molecule has 4 rings (SSSR count). The Bertz CT molecular complexity index is 1090. The topological polar surface area (TPSA) is 77.6 Å². The summed E-state index contributed by atoms with van der Waals surface area (Å²) in [5.74, 6) is 0.556. The zero-order chi connectivity index (χ0) is 21.1. The third kappa shape index (κ3) is 4.01. The summed E-state index contributed by atoms with van der Waals surface area (Å²) in [5, 5.41) is 4.14. The maximum atomic E-state index is 13.6. The van der Waals surface area contributed by atoms with Gasteiger partial charge in [-0.25, -0.2) is 0 Å². The first kappa shape index (κ1) is 19.9. The number of hydrogen-bond donors (Lipinski definition) is 0. The number of piperidine rings is 1. The number of rotatable bonds is 5. The van der Waals surface area contributed by atoms with Gasteiger partial charge >= 0.3 is 0 Å². The number of aromatic nitrogens is 2. The van der Waals surface area contributed by atoms with Crippen molar-refractivity contribution in [1.82, 2.24) is 14.6 Å². The van der Waals surface area contributed by atoms with Crippen LogP contribution in [0, 0.1) is 6.92 Å². The van der Waals surface area contributed by atoms with Crippen molar-refractivity contribution >= 4 is 5.91 Å². The van der Waals surface area contributed by atoms with Gasteiger partial charge in [-0.05, 0) is 31.7 Å². The summed E-state index contributed by atoms with van der Waals surface area (Å²) < 4.78 is 12.8. The fraction of sp³-hybridized carbons (Fsp3) is 0.348. The maximum Gasteiger partial charge on any atom is 0.275 e. The van der Waals surface area contributed by atoms with Gasteiger partial charge in [0, 0.05) is 31.9 Å². The van der Waals surface area contributed by atoms with E-state index in [0.29, 0.717) is 12.3 Å². The Morgan fingerprint density at radius 1 is 1.23 bits per heavy atom. The van der Waals surface area contributed by atoms with Gasteiger partial charge in [0.2, 0.25) is 5.43 Å². The molecule has 1 aromatic carbocycles. The molecule has 1 saturated heterocycles. The summed E-state index contributed by atoms with van der Waals surface area (Å²) in [4.78, 5) is 28.0. The van der Waals surface area contributed by atoms with Crippen LogP contribution < -0.4 is 10.2 Å². The highest BCUT2D eigenvalue weighted by Crippen LogP contribution is 2.32. The molecule has 7 heteroatoms. The molecule has 1 fully saturated rings. The van der Waals surface area contributed by atoms with Gasteiger partial charge in [-0.3, -0.25) is 9.59 Å². The van der Waals surface area contributed by atoms with Crippen molar-refractivity contribution < 1.29 is 14.1 Å². The van der Waals surface area contributed by atoms with E-state index in [1.807, 2.05) is 43.3 Å². The first-order valence-electron chi connectivity index (χ1n) is 10.1. The van der Waals surface area contributed by atoms with Gasteiger partial charge in [-0.2, -0.15) is 0 Å². The summed E-state index contributed by atoms with van der Waals surface area (Å²) >= 11 is 0. The quantitative estimate of drug-likeness (QED) is 0.645. The third-order valence-electron chi connectivity index (χ3n) is 5.42. The number of nitrogens with zero attached hydrogens (tertiary/aromatic N) is 3. The second-order valence-electron chi connectivity index (χ2n) is 7.62. The Hall–Kier alpha value is -3.35. The van der Waals surface area contributed by atoms with Gasteiger partial charge in [0.15, 0.2) is 11.4 Å². The van der Waals surface area contributed by atoms with Crippen molar-refractivity contribution in [2.75, 3.05) is 6.54 Å². The SMILES string of the molecule is Cc1cc(C2CCCCN2C(=O)c2c(OCc3ccccc3)c(=O)ccn2C)no1. The Balaban J connectivity index is 1.67. The molecule has 0 aliphatic carbocycles. The summed E-state index contributed by atoms with van der Waals surface area (Å²) in [6.07, 6.45) is 4.31. The lowest BCUT2D eigenvalue weighted by Crippen LogP contribution is -2.40. The zero-order valence-electron chi connectivity index (χ0n) is 17.2. The average Bonchev–Trinajstić information content (AvgIpc) is 3.20. The van der Waals surface area contributed by atoms with Crippen molar-refractivity contribution in [3.05, 3.63) is 81.6 Å². The van der Waals surface area contributed by atoms with Crippen LogP contribution in [0.5, 0.6) is 5.75 Å². The van der Waals surface area contributed by atoms with Crippen LogP contribution >= 0.6 is 0 Å². The largest absolute Gasteiger partial charge is 0.483 e. The minimum absolute atomic E-state index is 0.0782. The van der Waals surface area contributed by atoms with E-state index < -0.39 is 0 Å². The molecule has 1 atom stereocenters. The molecule has 156 valence electrons. The summed E-state index contributed by atoms with van der Waals surface area (Å²) in [5.41, 5.74) is 1.62. The molecule has 0 radical (unpaired) electrons. The lowest BCUT2D eigenvalue weighted by atomic mass is 9.98. The molecule has 3 heterocycles. The number of ether oxygens (including phenoxy) is 1. The molecule has 0 N–H and O–H groups in total. The first-order valence-corrected chi connectivity index (χ1v) is 10.1. The molecule has 2 aromatic heterocycles. The van der Waals surface area contributed by atoms with E-state index in [1.54, 1.807) is 22.7 Å². The number of carbonyl (C=O) groups is 1. The van der Waals surface area contributed by atoms with E-state index in [2.05, 4.69) is 5.16 Å². The van der Waals surface area contributed by atoms with Crippen molar-refractivity contribution in [1.29, 1.82) is 0 Å². The van der Waals surface area contributed by atoms with Crippen LogP contribution in [0.15, 0.2) is 58.0 Å². The Kier molecular flexibility index (Phi) is 5.70. The van der Waals surface area contributed by atoms with Crippen LogP contribution in [-0.4, -0.2) is 27.1 Å².